The van der Waals surface area contributed by atoms with Crippen molar-refractivity contribution in [1.29, 1.82) is 0 Å². The Morgan fingerprint density at radius 2 is 1.52 bits per heavy atom. The van der Waals surface area contributed by atoms with Crippen LogP contribution in [0.25, 0.3) is 39.6 Å². The summed E-state index contributed by atoms with van der Waals surface area (Å²) in [7, 11) is 0. The van der Waals surface area contributed by atoms with Gasteiger partial charge in [0.15, 0.2) is 0 Å². The first kappa shape index (κ1) is 26.7. The van der Waals surface area contributed by atoms with Gasteiger partial charge in [0.2, 0.25) is 0 Å². The number of aromatic carboxylic acids is 1. The second-order valence-corrected chi connectivity index (χ2v) is 10.9. The summed E-state index contributed by atoms with van der Waals surface area (Å²) in [5, 5.41) is 23.4. The van der Waals surface area contributed by atoms with Crippen LogP contribution in [-0.2, 0) is 11.2 Å². The fourth-order valence-electron chi connectivity index (χ4n) is 3.18. The molecule has 0 unspecified atom stereocenters. The SMILES string of the molecule is O=C([O-])Cc1cc(-c2ccc(-c3nc4ccccc4s3)s2)sc1-c1ccc(C(=O)[O-])s1.[Na+].[Na+]. The van der Waals surface area contributed by atoms with E-state index in [1.54, 1.807) is 28.7 Å². The summed E-state index contributed by atoms with van der Waals surface area (Å²) in [5.74, 6) is -2.42. The van der Waals surface area contributed by atoms with Crippen molar-refractivity contribution in [2.75, 3.05) is 0 Å². The Balaban J connectivity index is 0.00000153. The molecule has 5 aromatic rings. The van der Waals surface area contributed by atoms with Gasteiger partial charge < -0.3 is 19.8 Å². The predicted octanol–water partition coefficient (Wildman–Crippen LogP) is -1.85. The number of carbonyl (C=O) groups excluding carboxylic acids is 2. The van der Waals surface area contributed by atoms with Crippen LogP contribution in [0.1, 0.15) is 15.2 Å². The molecule has 5 rings (SSSR count). The summed E-state index contributed by atoms with van der Waals surface area (Å²) in [6.07, 6.45) is -0.236. The number of thiazole rings is 1. The third kappa shape index (κ3) is 5.70. The number of aliphatic carboxylic acids is 1. The number of para-hydroxylation sites is 1. The summed E-state index contributed by atoms with van der Waals surface area (Å²) in [4.78, 5) is 31.6. The van der Waals surface area contributed by atoms with Gasteiger partial charge in [0, 0.05) is 31.9 Å². The molecule has 1 aromatic carbocycles. The number of hydrogen-bond donors (Lipinski definition) is 0. The molecular formula is C22H11NNa2O4S4. The van der Waals surface area contributed by atoms with Crippen molar-refractivity contribution in [3.05, 3.63) is 65.0 Å². The molecule has 0 radical (unpaired) electrons. The van der Waals surface area contributed by atoms with Crippen LogP contribution in [-0.4, -0.2) is 16.9 Å². The number of benzene rings is 1. The van der Waals surface area contributed by atoms with E-state index in [0.29, 0.717) is 10.4 Å². The first-order chi connectivity index (χ1) is 15.0. The van der Waals surface area contributed by atoms with Crippen LogP contribution < -0.4 is 69.3 Å². The van der Waals surface area contributed by atoms with Gasteiger partial charge in [-0.1, -0.05) is 12.1 Å². The van der Waals surface area contributed by atoms with E-state index in [2.05, 4.69) is 0 Å². The summed E-state index contributed by atoms with van der Waals surface area (Å²) < 4.78 is 1.13. The third-order valence-electron chi connectivity index (χ3n) is 4.53. The molecule has 0 bridgehead atoms. The predicted molar refractivity (Wildman–Crippen MR) is 123 cm³/mol. The molecule has 0 saturated carbocycles. The molecule has 4 heterocycles. The maximum absolute atomic E-state index is 11.3. The van der Waals surface area contributed by atoms with Gasteiger partial charge in [-0.05, 0) is 48.0 Å². The van der Waals surface area contributed by atoms with Gasteiger partial charge in [-0.2, -0.15) is 0 Å². The molecule has 154 valence electrons. The number of aromatic nitrogens is 1. The van der Waals surface area contributed by atoms with Gasteiger partial charge in [0.05, 0.1) is 25.9 Å². The second-order valence-electron chi connectivity index (χ2n) is 6.62. The molecule has 0 saturated heterocycles. The van der Waals surface area contributed by atoms with Crippen LogP contribution in [0.15, 0.2) is 54.6 Å². The minimum absolute atomic E-state index is 0. The Bertz CT molecular complexity index is 1420. The fourth-order valence-corrected chi connectivity index (χ4v) is 7.45. The van der Waals surface area contributed by atoms with E-state index in [-0.39, 0.29) is 70.4 Å². The minimum atomic E-state index is -1.24. The van der Waals surface area contributed by atoms with E-state index in [4.69, 9.17) is 4.98 Å². The van der Waals surface area contributed by atoms with E-state index >= 15 is 0 Å². The van der Waals surface area contributed by atoms with E-state index < -0.39 is 11.9 Å². The molecule has 0 N–H and O–H groups in total. The molecule has 0 amide bonds. The largest absolute Gasteiger partial charge is 1.00 e. The number of thiophene rings is 3. The molecule has 0 fully saturated rings. The first-order valence-electron chi connectivity index (χ1n) is 9.08. The van der Waals surface area contributed by atoms with Gasteiger partial charge in [0.1, 0.15) is 5.01 Å². The Morgan fingerprint density at radius 3 is 2.21 bits per heavy atom. The second kappa shape index (κ2) is 11.3. The van der Waals surface area contributed by atoms with E-state index in [1.807, 2.05) is 42.5 Å². The summed E-state index contributed by atoms with van der Waals surface area (Å²) in [5.41, 5.74) is 1.58. The molecule has 11 heteroatoms. The summed E-state index contributed by atoms with van der Waals surface area (Å²) >= 11 is 5.75. The van der Waals surface area contributed by atoms with Gasteiger partial charge >= 0.3 is 59.1 Å². The Hall–Kier alpha value is -0.850. The Labute approximate surface area is 249 Å². The standard InChI is InChI=1S/C22H13NO4S4.2Na/c24-19(25)10-11-9-18(30-20(11)15-6-8-17(29-15)22(26)27)14-5-7-16(28-14)21-23-12-3-1-2-4-13(12)31-21;;/h1-9H,10H2,(H,24,25)(H,26,27);;/q;2*+1/p-2. The molecule has 0 spiro atoms. The van der Waals surface area contributed by atoms with Crippen molar-refractivity contribution in [2.24, 2.45) is 0 Å². The quantitative estimate of drug-likeness (QED) is 0.242. The summed E-state index contributed by atoms with van der Waals surface area (Å²) in [6.45, 7) is 0. The van der Waals surface area contributed by atoms with Crippen LogP contribution in [0, 0.1) is 0 Å². The average Bonchev–Trinajstić information content (AvgIpc) is 3.50. The molecular weight excluding hydrogens is 516 g/mol. The van der Waals surface area contributed by atoms with Crippen LogP contribution in [0.5, 0.6) is 0 Å². The molecule has 0 atom stereocenters. The maximum Gasteiger partial charge on any atom is 1.00 e. The summed E-state index contributed by atoms with van der Waals surface area (Å²) in [6, 6.07) is 17.0. The van der Waals surface area contributed by atoms with Crippen molar-refractivity contribution < 1.29 is 78.9 Å². The monoisotopic (exact) mass is 527 g/mol. The number of carbonyl (C=O) groups is 2. The van der Waals surface area contributed by atoms with Crippen LogP contribution >= 0.6 is 45.3 Å². The smallest absolute Gasteiger partial charge is 0.550 e. The zero-order chi connectivity index (χ0) is 21.5. The Kier molecular flexibility index (Phi) is 9.13. The van der Waals surface area contributed by atoms with Crippen molar-refractivity contribution in [2.45, 2.75) is 6.42 Å². The molecule has 5 nitrogen and oxygen atoms in total. The minimum Gasteiger partial charge on any atom is -0.550 e. The maximum atomic E-state index is 11.3. The van der Waals surface area contributed by atoms with E-state index in [0.717, 1.165) is 46.1 Å². The number of carboxylic acid groups (broad SMARTS) is 2. The van der Waals surface area contributed by atoms with Crippen molar-refractivity contribution >= 4 is 67.5 Å². The number of fused-ring (bicyclic) bond motifs is 1. The fraction of sp³-hybridized carbons (Fsp3) is 0.0455. The molecule has 0 aliphatic rings. The Morgan fingerprint density at radius 1 is 0.788 bits per heavy atom. The molecule has 0 aliphatic heterocycles. The van der Waals surface area contributed by atoms with Gasteiger partial charge in [-0.3, -0.25) is 0 Å². The van der Waals surface area contributed by atoms with Crippen molar-refractivity contribution in [3.63, 3.8) is 0 Å². The number of hydrogen-bond acceptors (Lipinski definition) is 9. The van der Waals surface area contributed by atoms with E-state index in [9.17, 15) is 19.8 Å². The van der Waals surface area contributed by atoms with Gasteiger partial charge in [0.25, 0.3) is 0 Å². The normalized spacial score (nSPS) is 10.5. The topological polar surface area (TPSA) is 93.2 Å². The number of carboxylic acids is 2. The first-order valence-corrected chi connectivity index (χ1v) is 12.3. The van der Waals surface area contributed by atoms with Crippen LogP contribution in [0.3, 0.4) is 0 Å². The van der Waals surface area contributed by atoms with Crippen LogP contribution in [0.2, 0.25) is 0 Å². The van der Waals surface area contributed by atoms with Crippen molar-refractivity contribution in [1.82, 2.24) is 4.98 Å². The number of nitrogens with zero attached hydrogens (tertiary/aromatic N) is 1. The average molecular weight is 528 g/mol. The molecule has 0 aliphatic carbocycles. The molecule has 4 aromatic heterocycles. The zero-order valence-electron chi connectivity index (χ0n) is 17.6. The third-order valence-corrected chi connectivity index (χ3v) is 9.44. The van der Waals surface area contributed by atoms with Crippen LogP contribution in [0.4, 0.5) is 0 Å². The van der Waals surface area contributed by atoms with E-state index in [1.165, 1.54) is 17.4 Å². The number of rotatable bonds is 6. The van der Waals surface area contributed by atoms with Crippen molar-refractivity contribution in [3.8, 4) is 29.4 Å². The van der Waals surface area contributed by atoms with Gasteiger partial charge in [-0.25, -0.2) is 4.98 Å². The van der Waals surface area contributed by atoms with Gasteiger partial charge in [-0.15, -0.1) is 45.3 Å². The zero-order valence-corrected chi connectivity index (χ0v) is 24.9. The molecule has 33 heavy (non-hydrogen) atoms.